The molecule has 0 amide bonds. The number of halogens is 7. The van der Waals surface area contributed by atoms with Crippen LogP contribution in [0.5, 0.6) is 0 Å². The van der Waals surface area contributed by atoms with Crippen LogP contribution in [0, 0.1) is 12.7 Å². The molecule has 0 spiro atoms. The van der Waals surface area contributed by atoms with Crippen LogP contribution in [0.4, 0.5) is 30.7 Å². The SMILES string of the molecule is CN[C@H](C)c1cc(C(F)(F)F)cc(C(F)(F)F)c1.Cc1cc(F)ccc1[C@H]1CNCCN1. The van der Waals surface area contributed by atoms with Crippen LogP contribution < -0.4 is 16.0 Å². The molecule has 0 aromatic heterocycles. The standard InChI is InChI=1S/C11H11F6N.C11H15FN2/c1-6(18-2)7-3-8(10(12,13)14)5-9(4-7)11(15,16)17;1-8-6-9(12)2-3-10(8)11-7-13-4-5-14-11/h3-6,18H,1-2H3;2-3,6,11,13-14H,4-5,7H2,1H3/t6-;11-/m11/s1. The summed E-state index contributed by atoms with van der Waals surface area (Å²) in [5, 5.41) is 9.33. The molecule has 3 N–H and O–H groups in total. The molecule has 0 unspecified atom stereocenters. The average Bonchev–Trinajstić information content (AvgIpc) is 2.72. The van der Waals surface area contributed by atoms with E-state index in [4.69, 9.17) is 0 Å². The van der Waals surface area contributed by atoms with Gasteiger partial charge in [0.2, 0.25) is 0 Å². The number of piperazine rings is 1. The highest BCUT2D eigenvalue weighted by Gasteiger charge is 2.37. The van der Waals surface area contributed by atoms with Crippen molar-refractivity contribution in [2.75, 3.05) is 26.7 Å². The summed E-state index contributed by atoms with van der Waals surface area (Å²) in [5.41, 5.74) is -0.437. The Morgan fingerprint density at radius 3 is 1.97 bits per heavy atom. The molecule has 10 heteroatoms. The zero-order valence-electron chi connectivity index (χ0n) is 17.9. The largest absolute Gasteiger partial charge is 0.416 e. The Labute approximate surface area is 182 Å². The van der Waals surface area contributed by atoms with Gasteiger partial charge >= 0.3 is 12.4 Å². The third kappa shape index (κ3) is 7.18. The van der Waals surface area contributed by atoms with Crippen LogP contribution in [0.2, 0.25) is 0 Å². The fourth-order valence-corrected chi connectivity index (χ4v) is 3.30. The van der Waals surface area contributed by atoms with Gasteiger partial charge < -0.3 is 16.0 Å². The summed E-state index contributed by atoms with van der Waals surface area (Å²) >= 11 is 0. The van der Waals surface area contributed by atoms with E-state index in [1.165, 1.54) is 25.6 Å². The Hall–Kier alpha value is -2.17. The van der Waals surface area contributed by atoms with Crippen LogP contribution in [-0.2, 0) is 12.4 Å². The molecule has 2 aromatic rings. The second-order valence-corrected chi connectivity index (χ2v) is 7.56. The fourth-order valence-electron chi connectivity index (χ4n) is 3.30. The molecule has 2 aromatic carbocycles. The van der Waals surface area contributed by atoms with Gasteiger partial charge in [0.15, 0.2) is 0 Å². The van der Waals surface area contributed by atoms with E-state index >= 15 is 0 Å². The number of nitrogens with one attached hydrogen (secondary N) is 3. The quantitative estimate of drug-likeness (QED) is 0.534. The van der Waals surface area contributed by atoms with E-state index in [9.17, 15) is 30.7 Å². The molecular formula is C22H26F7N3. The van der Waals surface area contributed by atoms with Crippen molar-refractivity contribution in [2.24, 2.45) is 0 Å². The lowest BCUT2D eigenvalue weighted by atomic mass is 10.00. The normalized spacial score (nSPS) is 18.0. The molecular weight excluding hydrogens is 439 g/mol. The van der Waals surface area contributed by atoms with Crippen LogP contribution in [0.15, 0.2) is 36.4 Å². The maximum atomic E-state index is 12.9. The first-order valence-corrected chi connectivity index (χ1v) is 9.99. The molecule has 1 aliphatic heterocycles. The number of aryl methyl sites for hydroxylation is 1. The maximum absolute atomic E-state index is 12.9. The van der Waals surface area contributed by atoms with Gasteiger partial charge in [-0.1, -0.05) is 6.07 Å². The van der Waals surface area contributed by atoms with Gasteiger partial charge in [-0.3, -0.25) is 0 Å². The summed E-state index contributed by atoms with van der Waals surface area (Å²) in [6, 6.07) is 6.26. The molecule has 3 rings (SSSR count). The number of alkyl halides is 6. The third-order valence-electron chi connectivity index (χ3n) is 5.19. The lowest BCUT2D eigenvalue weighted by molar-refractivity contribution is -0.143. The molecule has 1 heterocycles. The van der Waals surface area contributed by atoms with Crippen molar-refractivity contribution in [3.8, 4) is 0 Å². The second kappa shape index (κ2) is 10.6. The van der Waals surface area contributed by atoms with Crippen molar-refractivity contribution < 1.29 is 30.7 Å². The maximum Gasteiger partial charge on any atom is 0.416 e. The van der Waals surface area contributed by atoms with Crippen LogP contribution in [0.25, 0.3) is 0 Å². The summed E-state index contributed by atoms with van der Waals surface area (Å²) in [5.74, 6) is -0.157. The monoisotopic (exact) mass is 465 g/mol. The lowest BCUT2D eigenvalue weighted by Gasteiger charge is -2.26. The van der Waals surface area contributed by atoms with Gasteiger partial charge in [-0.25, -0.2) is 4.39 Å². The first-order chi connectivity index (χ1) is 14.8. The van der Waals surface area contributed by atoms with Gasteiger partial charge in [0.1, 0.15) is 5.82 Å². The summed E-state index contributed by atoms with van der Waals surface area (Å²) in [6.07, 6.45) is -9.60. The smallest absolute Gasteiger partial charge is 0.314 e. The average molecular weight is 465 g/mol. The molecule has 1 aliphatic rings. The number of benzene rings is 2. The van der Waals surface area contributed by atoms with Crippen LogP contribution in [0.1, 0.15) is 46.8 Å². The van der Waals surface area contributed by atoms with E-state index in [0.29, 0.717) is 6.04 Å². The zero-order valence-corrected chi connectivity index (χ0v) is 17.9. The van der Waals surface area contributed by atoms with Gasteiger partial charge in [-0.15, -0.1) is 0 Å². The Kier molecular flexibility index (Phi) is 8.67. The molecule has 0 saturated carbocycles. The van der Waals surface area contributed by atoms with E-state index < -0.39 is 29.5 Å². The van der Waals surface area contributed by atoms with Crippen LogP contribution in [-0.4, -0.2) is 26.7 Å². The van der Waals surface area contributed by atoms with Crippen molar-refractivity contribution in [1.29, 1.82) is 0 Å². The minimum atomic E-state index is -4.80. The van der Waals surface area contributed by atoms with Gasteiger partial charge in [-0.05, 0) is 67.9 Å². The Bertz CT molecular complexity index is 856. The summed E-state index contributed by atoms with van der Waals surface area (Å²) < 4.78 is 88.0. The topological polar surface area (TPSA) is 36.1 Å². The van der Waals surface area contributed by atoms with Gasteiger partial charge in [0, 0.05) is 31.7 Å². The highest BCUT2D eigenvalue weighted by atomic mass is 19.4. The summed E-state index contributed by atoms with van der Waals surface area (Å²) in [4.78, 5) is 0. The first kappa shape index (κ1) is 26.1. The first-order valence-electron chi connectivity index (χ1n) is 9.99. The minimum absolute atomic E-state index is 0.0559. The Morgan fingerprint density at radius 1 is 0.938 bits per heavy atom. The van der Waals surface area contributed by atoms with Crippen molar-refractivity contribution >= 4 is 0 Å². The molecule has 0 radical (unpaired) electrons. The van der Waals surface area contributed by atoms with Gasteiger partial charge in [0.25, 0.3) is 0 Å². The molecule has 0 bridgehead atoms. The third-order valence-corrected chi connectivity index (χ3v) is 5.19. The molecule has 2 atom stereocenters. The highest BCUT2D eigenvalue weighted by Crippen LogP contribution is 2.37. The molecule has 32 heavy (non-hydrogen) atoms. The second-order valence-electron chi connectivity index (χ2n) is 7.56. The predicted octanol–water partition coefficient (Wildman–Crippen LogP) is 5.37. The Morgan fingerprint density at radius 2 is 1.53 bits per heavy atom. The van der Waals surface area contributed by atoms with Crippen molar-refractivity contribution in [3.05, 3.63) is 70.0 Å². The zero-order chi connectivity index (χ0) is 24.1. The molecule has 0 aliphatic carbocycles. The van der Waals surface area contributed by atoms with E-state index in [-0.39, 0.29) is 17.4 Å². The number of rotatable bonds is 3. The van der Waals surface area contributed by atoms with Crippen LogP contribution >= 0.6 is 0 Å². The number of hydrogen-bond acceptors (Lipinski definition) is 3. The van der Waals surface area contributed by atoms with Crippen molar-refractivity contribution in [1.82, 2.24) is 16.0 Å². The van der Waals surface area contributed by atoms with E-state index in [1.54, 1.807) is 6.07 Å². The predicted molar refractivity (Wildman–Crippen MR) is 109 cm³/mol. The van der Waals surface area contributed by atoms with Gasteiger partial charge in [0.05, 0.1) is 11.1 Å². The van der Waals surface area contributed by atoms with E-state index in [0.717, 1.165) is 37.3 Å². The summed E-state index contributed by atoms with van der Waals surface area (Å²) in [6.45, 7) is 6.34. The van der Waals surface area contributed by atoms with E-state index in [2.05, 4.69) is 16.0 Å². The molecule has 178 valence electrons. The van der Waals surface area contributed by atoms with Gasteiger partial charge in [-0.2, -0.15) is 26.3 Å². The van der Waals surface area contributed by atoms with Crippen LogP contribution in [0.3, 0.4) is 0 Å². The number of hydrogen-bond donors (Lipinski definition) is 3. The fraction of sp³-hybridized carbons (Fsp3) is 0.455. The molecule has 1 saturated heterocycles. The lowest BCUT2D eigenvalue weighted by Crippen LogP contribution is -2.42. The summed E-state index contributed by atoms with van der Waals surface area (Å²) in [7, 11) is 1.46. The highest BCUT2D eigenvalue weighted by molar-refractivity contribution is 5.35. The molecule has 3 nitrogen and oxygen atoms in total. The molecule has 1 fully saturated rings. The van der Waals surface area contributed by atoms with Crippen molar-refractivity contribution in [2.45, 2.75) is 38.3 Å². The van der Waals surface area contributed by atoms with Crippen molar-refractivity contribution in [3.63, 3.8) is 0 Å². The minimum Gasteiger partial charge on any atom is -0.314 e. The Balaban J connectivity index is 0.000000233. The van der Waals surface area contributed by atoms with E-state index in [1.807, 2.05) is 13.0 Å².